The Hall–Kier alpha value is -3.18. The summed E-state index contributed by atoms with van der Waals surface area (Å²) in [7, 11) is 0. The Morgan fingerprint density at radius 3 is 2.57 bits per heavy atom. The number of carbonyl (C=O) groups is 1. The average molecular weight is 404 g/mol. The predicted octanol–water partition coefficient (Wildman–Crippen LogP) is 5.39. The first-order chi connectivity index (χ1) is 14.4. The normalized spacial score (nSPS) is 13.5. The summed E-state index contributed by atoms with van der Waals surface area (Å²) in [4.78, 5) is 14.6. The lowest BCUT2D eigenvalue weighted by atomic mass is 9.82. The second-order valence-corrected chi connectivity index (χ2v) is 7.74. The second kappa shape index (κ2) is 9.55. The maximum atomic E-state index is 11.1. The number of hydroxylamine groups is 1. The smallest absolute Gasteiger partial charge is 0.267 e. The van der Waals surface area contributed by atoms with Crippen molar-refractivity contribution in [1.29, 1.82) is 5.41 Å². The van der Waals surface area contributed by atoms with Crippen molar-refractivity contribution in [3.8, 4) is 0 Å². The number of hydrogen-bond acceptors (Lipinski definition) is 3. The van der Waals surface area contributed by atoms with Gasteiger partial charge in [0, 0.05) is 40.2 Å². The molecule has 3 rings (SSSR count). The zero-order chi connectivity index (χ0) is 21.7. The fraction of sp³-hybridized carbons (Fsp3) is 0.280. The van der Waals surface area contributed by atoms with Crippen LogP contribution in [0.25, 0.3) is 17.0 Å². The summed E-state index contributed by atoms with van der Waals surface area (Å²) in [6, 6.07) is 16.2. The van der Waals surface area contributed by atoms with Gasteiger partial charge in [-0.1, -0.05) is 56.3 Å². The molecule has 0 unspecified atom stereocenters. The van der Waals surface area contributed by atoms with Crippen LogP contribution in [0.3, 0.4) is 0 Å². The molecule has 0 bridgehead atoms. The molecule has 0 spiro atoms. The van der Waals surface area contributed by atoms with Gasteiger partial charge in [-0.05, 0) is 48.6 Å². The predicted molar refractivity (Wildman–Crippen MR) is 122 cm³/mol. The lowest BCUT2D eigenvalue weighted by Crippen LogP contribution is -2.21. The van der Waals surface area contributed by atoms with Crippen molar-refractivity contribution in [2.75, 3.05) is 0 Å². The highest BCUT2D eigenvalue weighted by Gasteiger charge is 2.22. The fourth-order valence-electron chi connectivity index (χ4n) is 3.96. The van der Waals surface area contributed by atoms with Crippen LogP contribution in [0, 0.1) is 18.3 Å². The maximum Gasteiger partial charge on any atom is 0.267 e. The third-order valence-corrected chi connectivity index (χ3v) is 5.85. The highest BCUT2D eigenvalue weighted by molar-refractivity contribution is 5.92. The number of nitrogens with one attached hydrogen (secondary N) is 3. The van der Waals surface area contributed by atoms with E-state index in [4.69, 9.17) is 10.6 Å². The molecule has 5 nitrogen and oxygen atoms in total. The highest BCUT2D eigenvalue weighted by atomic mass is 16.5. The van der Waals surface area contributed by atoms with E-state index in [2.05, 4.69) is 44.0 Å². The van der Waals surface area contributed by atoms with Gasteiger partial charge in [-0.3, -0.25) is 10.0 Å². The fourth-order valence-corrected chi connectivity index (χ4v) is 3.96. The molecule has 5 heteroatoms. The van der Waals surface area contributed by atoms with Crippen LogP contribution in [-0.4, -0.2) is 21.8 Å². The minimum atomic E-state index is -0.562. The van der Waals surface area contributed by atoms with E-state index in [9.17, 15) is 4.79 Å². The number of fused-ring (bicyclic) bond motifs is 1. The van der Waals surface area contributed by atoms with Crippen LogP contribution < -0.4 is 5.48 Å². The Balaban J connectivity index is 1.75. The summed E-state index contributed by atoms with van der Waals surface area (Å²) >= 11 is 0. The first-order valence-corrected chi connectivity index (χ1v) is 10.3. The zero-order valence-electron chi connectivity index (χ0n) is 17.7. The number of benzene rings is 2. The molecular formula is C25H29N3O2. The summed E-state index contributed by atoms with van der Waals surface area (Å²) in [5.41, 5.74) is 7.89. The number of para-hydroxylation sites is 1. The molecule has 1 heterocycles. The molecule has 0 aliphatic rings. The lowest BCUT2D eigenvalue weighted by Gasteiger charge is -2.22. The summed E-state index contributed by atoms with van der Waals surface area (Å²) < 4.78 is 0. The molecule has 156 valence electrons. The molecule has 0 saturated carbocycles. The number of aromatic nitrogens is 1. The molecule has 4 N–H and O–H groups in total. The van der Waals surface area contributed by atoms with E-state index in [0.29, 0.717) is 0 Å². The largest absolute Gasteiger partial charge is 0.358 e. The van der Waals surface area contributed by atoms with Gasteiger partial charge in [0.25, 0.3) is 5.91 Å². The molecule has 0 aliphatic heterocycles. The third-order valence-electron chi connectivity index (χ3n) is 5.85. The Morgan fingerprint density at radius 2 is 1.90 bits per heavy atom. The summed E-state index contributed by atoms with van der Waals surface area (Å²) in [5, 5.41) is 18.7. The van der Waals surface area contributed by atoms with Gasteiger partial charge in [0.2, 0.25) is 0 Å². The van der Waals surface area contributed by atoms with E-state index in [1.54, 1.807) is 11.6 Å². The van der Waals surface area contributed by atoms with Gasteiger partial charge in [-0.25, -0.2) is 5.48 Å². The first kappa shape index (κ1) is 21.5. The number of hydrogen-bond donors (Lipinski definition) is 4. The molecule has 0 fully saturated rings. The van der Waals surface area contributed by atoms with E-state index >= 15 is 0 Å². The maximum absolute atomic E-state index is 11.1. The number of aromatic amines is 1. The number of H-pyrrole nitrogens is 1. The van der Waals surface area contributed by atoms with Crippen LogP contribution in [-0.2, 0) is 11.2 Å². The summed E-state index contributed by atoms with van der Waals surface area (Å²) in [6.07, 6.45) is 4.68. The van der Waals surface area contributed by atoms with Crippen LogP contribution in [0.1, 0.15) is 48.6 Å². The number of aryl methyl sites for hydroxylation is 1. The molecule has 0 aliphatic carbocycles. The number of amides is 1. The van der Waals surface area contributed by atoms with Crippen molar-refractivity contribution in [1.82, 2.24) is 10.5 Å². The first-order valence-electron chi connectivity index (χ1n) is 10.3. The van der Waals surface area contributed by atoms with E-state index in [-0.39, 0.29) is 11.8 Å². The molecule has 30 heavy (non-hydrogen) atoms. The van der Waals surface area contributed by atoms with Gasteiger partial charge in [0.05, 0.1) is 0 Å². The van der Waals surface area contributed by atoms with Crippen molar-refractivity contribution in [2.45, 2.75) is 39.5 Å². The van der Waals surface area contributed by atoms with Crippen molar-refractivity contribution in [3.05, 3.63) is 77.0 Å². The molecule has 0 radical (unpaired) electrons. The molecule has 2 aromatic carbocycles. The summed E-state index contributed by atoms with van der Waals surface area (Å²) in [5.74, 6) is -0.377. The van der Waals surface area contributed by atoms with Crippen LogP contribution in [0.5, 0.6) is 0 Å². The van der Waals surface area contributed by atoms with Crippen molar-refractivity contribution in [2.24, 2.45) is 5.92 Å². The van der Waals surface area contributed by atoms with Crippen molar-refractivity contribution in [3.63, 3.8) is 0 Å². The quantitative estimate of drug-likeness (QED) is 0.176. The molecule has 1 amide bonds. The Kier molecular flexibility index (Phi) is 6.85. The van der Waals surface area contributed by atoms with Crippen LogP contribution in [0.4, 0.5) is 0 Å². The van der Waals surface area contributed by atoms with Crippen molar-refractivity contribution < 1.29 is 10.0 Å². The van der Waals surface area contributed by atoms with E-state index in [1.807, 2.05) is 30.3 Å². The lowest BCUT2D eigenvalue weighted by molar-refractivity contribution is -0.124. The molecule has 3 aromatic rings. The molecule has 0 saturated heterocycles. The minimum absolute atomic E-state index is 0.0132. The average Bonchev–Trinajstić information content (AvgIpc) is 3.09. The van der Waals surface area contributed by atoms with Gasteiger partial charge in [0.15, 0.2) is 0 Å². The monoisotopic (exact) mass is 403 g/mol. The third kappa shape index (κ3) is 4.69. The number of rotatable bonds is 8. The Labute approximate surface area is 177 Å². The van der Waals surface area contributed by atoms with Gasteiger partial charge in [0.1, 0.15) is 0 Å². The SMILES string of the molecule is CC[C@H](Cc1c(C)[nH]c2ccccc12)C(=N)[C@H](C)c1ccc(/C=C/C(=O)NO)cc1. The molecular weight excluding hydrogens is 374 g/mol. The Morgan fingerprint density at radius 1 is 1.20 bits per heavy atom. The highest BCUT2D eigenvalue weighted by Crippen LogP contribution is 2.29. The topological polar surface area (TPSA) is 89.0 Å². The summed E-state index contributed by atoms with van der Waals surface area (Å²) in [6.45, 7) is 6.34. The van der Waals surface area contributed by atoms with Crippen LogP contribution in [0.15, 0.2) is 54.6 Å². The number of carbonyl (C=O) groups excluding carboxylic acids is 1. The molecule has 2 atom stereocenters. The Bertz CT molecular complexity index is 1060. The second-order valence-electron chi connectivity index (χ2n) is 7.74. The molecule has 1 aromatic heterocycles. The van der Waals surface area contributed by atoms with Gasteiger partial charge < -0.3 is 10.4 Å². The van der Waals surface area contributed by atoms with Crippen LogP contribution >= 0.6 is 0 Å². The van der Waals surface area contributed by atoms with Crippen molar-refractivity contribution >= 4 is 28.6 Å². The van der Waals surface area contributed by atoms with E-state index in [0.717, 1.165) is 35.2 Å². The standard InChI is InChI=1S/C25H29N3O2/c1-4-19(15-22-17(3)27-23-8-6-5-7-21(22)23)25(26)16(2)20-12-9-18(10-13-20)11-14-24(29)28-30/h5-14,16,19,26-27,30H,4,15H2,1-3H3,(H,28,29)/b14-11+,26-25?/t16-,19-/m1/s1. The minimum Gasteiger partial charge on any atom is -0.358 e. The van der Waals surface area contributed by atoms with Gasteiger partial charge in [-0.2, -0.15) is 0 Å². The van der Waals surface area contributed by atoms with E-state index in [1.165, 1.54) is 22.7 Å². The van der Waals surface area contributed by atoms with Crippen LogP contribution in [0.2, 0.25) is 0 Å². The zero-order valence-corrected chi connectivity index (χ0v) is 17.7. The van der Waals surface area contributed by atoms with Gasteiger partial charge in [-0.15, -0.1) is 0 Å². The van der Waals surface area contributed by atoms with Gasteiger partial charge >= 0.3 is 0 Å². The van der Waals surface area contributed by atoms with E-state index < -0.39 is 5.91 Å².